The van der Waals surface area contributed by atoms with Gasteiger partial charge in [-0.1, -0.05) is 35.0 Å². The van der Waals surface area contributed by atoms with Gasteiger partial charge in [-0.3, -0.25) is 4.79 Å². The molecule has 1 aliphatic rings. The number of methoxy groups -OCH3 is 2. The van der Waals surface area contributed by atoms with E-state index in [9.17, 15) is 9.59 Å². The molecular formula is C19H14Cl2IN3O4S2. The highest BCUT2D eigenvalue weighted by molar-refractivity contribution is 14.1. The summed E-state index contributed by atoms with van der Waals surface area (Å²) in [5, 5.41) is 4.23. The zero-order valence-corrected chi connectivity index (χ0v) is 21.3. The van der Waals surface area contributed by atoms with Crippen LogP contribution in [0.4, 0.5) is 10.5 Å². The van der Waals surface area contributed by atoms with Gasteiger partial charge in [0.25, 0.3) is 5.91 Å². The van der Waals surface area contributed by atoms with Gasteiger partial charge in [0.2, 0.25) is 0 Å². The number of carbonyl (C=O) groups is 2. The van der Waals surface area contributed by atoms with Gasteiger partial charge >= 0.3 is 6.03 Å². The molecule has 7 nitrogen and oxygen atoms in total. The van der Waals surface area contributed by atoms with E-state index in [4.69, 9.17) is 44.9 Å². The number of hydrogen-bond donors (Lipinski definition) is 2. The molecule has 1 aliphatic heterocycles. The molecule has 0 aromatic heterocycles. The Kier molecular flexibility index (Phi) is 7.92. The van der Waals surface area contributed by atoms with Gasteiger partial charge in [-0.25, -0.2) is 10.2 Å². The molecule has 1 fully saturated rings. The Hall–Kier alpha value is -1.73. The third kappa shape index (κ3) is 5.55. The molecule has 0 saturated carbocycles. The molecule has 2 aromatic carbocycles. The van der Waals surface area contributed by atoms with Crippen molar-refractivity contribution < 1.29 is 19.1 Å². The highest BCUT2D eigenvalue weighted by atomic mass is 127. The van der Waals surface area contributed by atoms with Crippen molar-refractivity contribution in [2.45, 2.75) is 0 Å². The maximum Gasteiger partial charge on any atom is 0.338 e. The molecule has 0 unspecified atom stereocenters. The van der Waals surface area contributed by atoms with Crippen molar-refractivity contribution in [1.29, 1.82) is 0 Å². The first-order valence-corrected chi connectivity index (χ1v) is 11.5. The second-order valence-corrected chi connectivity index (χ2v) is 9.60. The predicted molar refractivity (Wildman–Crippen MR) is 136 cm³/mol. The Labute approximate surface area is 211 Å². The van der Waals surface area contributed by atoms with Gasteiger partial charge in [-0.15, -0.1) is 0 Å². The minimum Gasteiger partial charge on any atom is -0.493 e. The zero-order chi connectivity index (χ0) is 22.7. The summed E-state index contributed by atoms with van der Waals surface area (Å²) in [6.45, 7) is 0. The van der Waals surface area contributed by atoms with E-state index >= 15 is 0 Å². The first kappa shape index (κ1) is 23.9. The van der Waals surface area contributed by atoms with Crippen LogP contribution in [0.1, 0.15) is 5.56 Å². The summed E-state index contributed by atoms with van der Waals surface area (Å²) >= 11 is 20.2. The third-order valence-corrected chi connectivity index (χ3v) is 6.78. The molecule has 2 N–H and O–H groups in total. The number of rotatable bonds is 5. The largest absolute Gasteiger partial charge is 0.493 e. The number of anilines is 1. The van der Waals surface area contributed by atoms with Crippen LogP contribution in [0.5, 0.6) is 11.5 Å². The highest BCUT2D eigenvalue weighted by Crippen LogP contribution is 2.36. The first-order chi connectivity index (χ1) is 14.7. The number of nitrogens with zero attached hydrogens (tertiary/aromatic N) is 1. The lowest BCUT2D eigenvalue weighted by Crippen LogP contribution is -2.46. The number of ether oxygens (including phenoxy) is 2. The topological polar surface area (TPSA) is 79.9 Å². The maximum absolute atomic E-state index is 12.8. The van der Waals surface area contributed by atoms with Gasteiger partial charge < -0.3 is 14.8 Å². The number of urea groups is 1. The van der Waals surface area contributed by atoms with E-state index in [0.29, 0.717) is 27.1 Å². The van der Waals surface area contributed by atoms with Gasteiger partial charge in [0, 0.05) is 5.69 Å². The average Bonchev–Trinajstić information content (AvgIpc) is 2.97. The number of benzene rings is 2. The van der Waals surface area contributed by atoms with Gasteiger partial charge in [0.05, 0.1) is 32.7 Å². The fourth-order valence-corrected chi connectivity index (χ4v) is 4.89. The Morgan fingerprint density at radius 1 is 1.19 bits per heavy atom. The Balaban J connectivity index is 1.75. The van der Waals surface area contributed by atoms with E-state index in [1.807, 2.05) is 6.07 Å². The van der Waals surface area contributed by atoms with Crippen LogP contribution < -0.4 is 20.2 Å². The summed E-state index contributed by atoms with van der Waals surface area (Å²) in [6, 6.07) is 7.56. The van der Waals surface area contributed by atoms with Crippen LogP contribution in [0.15, 0.2) is 35.2 Å². The summed E-state index contributed by atoms with van der Waals surface area (Å²) in [5.41, 5.74) is 3.57. The summed E-state index contributed by atoms with van der Waals surface area (Å²) in [4.78, 5) is 25.4. The minimum absolute atomic E-state index is 0.190. The molecule has 0 aliphatic carbocycles. The van der Waals surface area contributed by atoms with Crippen LogP contribution in [0, 0.1) is 3.57 Å². The zero-order valence-electron chi connectivity index (χ0n) is 16.0. The molecule has 12 heteroatoms. The fraction of sp³-hybridized carbons (Fsp3) is 0.105. The van der Waals surface area contributed by atoms with Crippen molar-refractivity contribution in [3.05, 3.63) is 54.4 Å². The van der Waals surface area contributed by atoms with E-state index in [0.717, 1.165) is 25.9 Å². The third-order valence-electron chi connectivity index (χ3n) is 3.94. The van der Waals surface area contributed by atoms with Crippen molar-refractivity contribution >= 4 is 97.8 Å². The van der Waals surface area contributed by atoms with Gasteiger partial charge in [0.1, 0.15) is 0 Å². The highest BCUT2D eigenvalue weighted by Gasteiger charge is 2.33. The molecule has 0 atom stereocenters. The number of halogens is 3. The minimum atomic E-state index is -0.656. The monoisotopic (exact) mass is 609 g/mol. The number of carbonyl (C=O) groups excluding carboxylic acids is 2. The Morgan fingerprint density at radius 2 is 1.94 bits per heavy atom. The quantitative estimate of drug-likeness (QED) is 0.263. The number of amides is 3. The van der Waals surface area contributed by atoms with E-state index in [-0.39, 0.29) is 9.34 Å². The number of nitrogens with one attached hydrogen (secondary N) is 2. The molecule has 0 radical (unpaired) electrons. The Morgan fingerprint density at radius 3 is 2.58 bits per heavy atom. The average molecular weight is 610 g/mol. The van der Waals surface area contributed by atoms with Crippen LogP contribution >= 0.6 is 69.8 Å². The molecule has 0 spiro atoms. The number of hydrogen-bond acceptors (Lipinski definition) is 6. The summed E-state index contributed by atoms with van der Waals surface area (Å²) < 4.78 is 11.7. The maximum atomic E-state index is 12.8. The van der Waals surface area contributed by atoms with E-state index in [1.165, 1.54) is 13.2 Å². The SMILES string of the molecule is COc1cc(/C=C2/SC(=S)N(NC(=O)Nc3ccc(Cl)c(Cl)c3)C2=O)cc(I)c1OC. The van der Waals surface area contributed by atoms with Crippen LogP contribution in [0.3, 0.4) is 0 Å². The van der Waals surface area contributed by atoms with Crippen molar-refractivity contribution in [3.8, 4) is 11.5 Å². The van der Waals surface area contributed by atoms with Crippen LogP contribution in [-0.2, 0) is 4.79 Å². The lowest BCUT2D eigenvalue weighted by molar-refractivity contribution is -0.123. The first-order valence-electron chi connectivity index (χ1n) is 8.45. The number of hydrazine groups is 1. The van der Waals surface area contributed by atoms with Crippen LogP contribution in [0.25, 0.3) is 6.08 Å². The van der Waals surface area contributed by atoms with Crippen LogP contribution in [-0.4, -0.2) is 35.5 Å². The van der Waals surface area contributed by atoms with Crippen LogP contribution in [0.2, 0.25) is 10.0 Å². The standard InChI is InChI=1S/C19H14Cl2IN3O4S2/c1-28-14-6-9(5-13(22)16(14)29-2)7-15-17(26)25(19(30)31-15)24-18(27)23-10-3-4-11(20)12(21)8-10/h3-8H,1-2H3,(H2,23,24,27)/b15-7+. The second-order valence-electron chi connectivity index (χ2n) is 5.95. The van der Waals surface area contributed by atoms with E-state index < -0.39 is 11.9 Å². The smallest absolute Gasteiger partial charge is 0.338 e. The van der Waals surface area contributed by atoms with Crippen molar-refractivity contribution in [3.63, 3.8) is 0 Å². The van der Waals surface area contributed by atoms with Crippen molar-refractivity contribution in [2.75, 3.05) is 19.5 Å². The van der Waals surface area contributed by atoms with Crippen molar-refractivity contribution in [2.24, 2.45) is 0 Å². The predicted octanol–water partition coefficient (Wildman–Crippen LogP) is 5.55. The number of thiocarbonyl (C=S) groups is 1. The number of thioether (sulfide) groups is 1. The van der Waals surface area contributed by atoms with Gasteiger partial charge in [0.15, 0.2) is 15.8 Å². The molecule has 31 heavy (non-hydrogen) atoms. The van der Waals surface area contributed by atoms with Gasteiger partial charge in [-0.05, 0) is 76.8 Å². The van der Waals surface area contributed by atoms with Crippen molar-refractivity contribution in [1.82, 2.24) is 10.4 Å². The van der Waals surface area contributed by atoms with E-state index in [1.54, 1.807) is 31.4 Å². The molecule has 3 rings (SSSR count). The summed E-state index contributed by atoms with van der Waals surface area (Å²) in [7, 11) is 3.09. The molecule has 1 heterocycles. The fourth-order valence-electron chi connectivity index (χ4n) is 2.57. The lowest BCUT2D eigenvalue weighted by Gasteiger charge is -2.16. The van der Waals surface area contributed by atoms with Gasteiger partial charge in [-0.2, -0.15) is 5.01 Å². The second kappa shape index (κ2) is 10.3. The molecule has 1 saturated heterocycles. The molecular weight excluding hydrogens is 596 g/mol. The Bertz CT molecular complexity index is 1110. The normalized spacial score (nSPS) is 14.7. The molecule has 3 amide bonds. The lowest BCUT2D eigenvalue weighted by atomic mass is 10.2. The molecule has 162 valence electrons. The molecule has 0 bridgehead atoms. The summed E-state index contributed by atoms with van der Waals surface area (Å²) in [5.74, 6) is 0.688. The molecule has 2 aromatic rings. The van der Waals surface area contributed by atoms with E-state index in [2.05, 4.69) is 33.3 Å². The summed E-state index contributed by atoms with van der Waals surface area (Å²) in [6.07, 6.45) is 1.67.